The molecule has 3 nitrogen and oxygen atoms in total. The van der Waals surface area contributed by atoms with Crippen molar-refractivity contribution in [2.45, 2.75) is 45.6 Å². The zero-order chi connectivity index (χ0) is 14.7. The number of nitrogens with zero attached hydrogens (tertiary/aromatic N) is 1. The van der Waals surface area contributed by atoms with Crippen LogP contribution in [-0.4, -0.2) is 28.4 Å². The minimum absolute atomic E-state index is 0.192. The Balaban J connectivity index is 2.04. The van der Waals surface area contributed by atoms with Crippen LogP contribution >= 0.6 is 12.2 Å². The summed E-state index contributed by atoms with van der Waals surface area (Å²) < 4.78 is 0. The number of hydrogen-bond donors (Lipinski definition) is 1. The second kappa shape index (κ2) is 6.35. The van der Waals surface area contributed by atoms with Crippen LogP contribution in [0.1, 0.15) is 36.0 Å². The fourth-order valence-corrected chi connectivity index (χ4v) is 2.47. The van der Waals surface area contributed by atoms with Crippen LogP contribution in [0.15, 0.2) is 18.2 Å². The Hall–Kier alpha value is -1.42. The van der Waals surface area contributed by atoms with E-state index in [4.69, 9.17) is 18.0 Å². The lowest BCUT2D eigenvalue weighted by atomic mass is 10.0. The van der Waals surface area contributed by atoms with Crippen molar-refractivity contribution >= 4 is 23.1 Å². The summed E-state index contributed by atoms with van der Waals surface area (Å²) in [5.74, 6) is 0.192. The van der Waals surface area contributed by atoms with E-state index in [2.05, 4.69) is 32.0 Å². The molecule has 108 valence electrons. The second-order valence-electron chi connectivity index (χ2n) is 5.64. The Morgan fingerprint density at radius 1 is 1.40 bits per heavy atom. The fraction of sp³-hybridized carbons (Fsp3) is 0.500. The van der Waals surface area contributed by atoms with Crippen LogP contribution in [0.25, 0.3) is 0 Å². The highest BCUT2D eigenvalue weighted by atomic mass is 32.1. The largest absolute Gasteiger partial charge is 0.393 e. The molecule has 20 heavy (non-hydrogen) atoms. The summed E-state index contributed by atoms with van der Waals surface area (Å²) >= 11 is 4.91. The molecule has 0 aliphatic heterocycles. The summed E-state index contributed by atoms with van der Waals surface area (Å²) in [6.07, 6.45) is 3.30. The Labute approximate surface area is 126 Å². The van der Waals surface area contributed by atoms with Crippen molar-refractivity contribution in [3.05, 3.63) is 34.9 Å². The topological polar surface area (TPSA) is 46.3 Å². The molecule has 1 fully saturated rings. The number of aryl methyl sites for hydroxylation is 2. The Morgan fingerprint density at radius 2 is 2.10 bits per heavy atom. The lowest BCUT2D eigenvalue weighted by molar-refractivity contribution is -0.130. The van der Waals surface area contributed by atoms with Gasteiger partial charge in [-0.1, -0.05) is 36.0 Å². The van der Waals surface area contributed by atoms with E-state index in [0.29, 0.717) is 30.4 Å². The predicted octanol–water partition coefficient (Wildman–Crippen LogP) is 2.51. The molecular weight excluding hydrogens is 268 g/mol. The molecule has 1 aliphatic rings. The van der Waals surface area contributed by atoms with Gasteiger partial charge in [0.05, 0.1) is 11.4 Å². The van der Waals surface area contributed by atoms with Gasteiger partial charge in [-0.25, -0.2) is 0 Å². The molecule has 0 heterocycles. The zero-order valence-corrected chi connectivity index (χ0v) is 13.0. The van der Waals surface area contributed by atoms with Crippen molar-refractivity contribution < 1.29 is 4.79 Å². The summed E-state index contributed by atoms with van der Waals surface area (Å²) in [6.45, 7) is 4.77. The van der Waals surface area contributed by atoms with Gasteiger partial charge in [0.15, 0.2) is 0 Å². The Kier molecular flexibility index (Phi) is 4.76. The molecule has 0 atom stereocenters. The Bertz CT molecular complexity index is 523. The molecule has 0 spiro atoms. The first kappa shape index (κ1) is 15.0. The summed E-state index contributed by atoms with van der Waals surface area (Å²) in [7, 11) is 0. The van der Waals surface area contributed by atoms with Gasteiger partial charge in [0.1, 0.15) is 0 Å². The molecule has 1 saturated carbocycles. The summed E-state index contributed by atoms with van der Waals surface area (Å²) in [4.78, 5) is 15.0. The molecule has 2 N–H and O–H groups in total. The fourth-order valence-electron chi connectivity index (χ4n) is 2.38. The average Bonchev–Trinajstić information content (AvgIpc) is 3.18. The monoisotopic (exact) mass is 290 g/mol. The van der Waals surface area contributed by atoms with Gasteiger partial charge in [0, 0.05) is 19.0 Å². The first-order chi connectivity index (χ1) is 9.47. The number of hydrogen-bond acceptors (Lipinski definition) is 2. The number of benzene rings is 1. The number of amides is 1. The molecule has 1 aromatic rings. The van der Waals surface area contributed by atoms with Gasteiger partial charge in [-0.3, -0.25) is 4.79 Å². The van der Waals surface area contributed by atoms with Crippen molar-refractivity contribution in [2.24, 2.45) is 5.73 Å². The second-order valence-corrected chi connectivity index (χ2v) is 6.17. The normalized spacial score (nSPS) is 14.1. The molecule has 1 aromatic carbocycles. The van der Waals surface area contributed by atoms with Crippen LogP contribution in [0.5, 0.6) is 0 Å². The smallest absolute Gasteiger partial charge is 0.227 e. The molecule has 2 rings (SSSR count). The highest BCUT2D eigenvalue weighted by molar-refractivity contribution is 7.80. The SMILES string of the molecule is Cc1ccc(C)c(CC(=O)N(CCC(N)=S)C2CC2)c1. The summed E-state index contributed by atoms with van der Waals surface area (Å²) in [6, 6.07) is 6.66. The van der Waals surface area contributed by atoms with Gasteiger partial charge in [-0.15, -0.1) is 0 Å². The first-order valence-electron chi connectivity index (χ1n) is 7.11. The number of carbonyl (C=O) groups excluding carboxylic acids is 1. The van der Waals surface area contributed by atoms with Gasteiger partial charge in [-0.05, 0) is 37.8 Å². The molecule has 0 radical (unpaired) electrons. The van der Waals surface area contributed by atoms with Gasteiger partial charge >= 0.3 is 0 Å². The van der Waals surface area contributed by atoms with Crippen LogP contribution in [-0.2, 0) is 11.2 Å². The van der Waals surface area contributed by atoms with Crippen molar-refractivity contribution in [1.82, 2.24) is 4.90 Å². The molecule has 1 aliphatic carbocycles. The number of rotatable bonds is 6. The average molecular weight is 290 g/mol. The number of carbonyl (C=O) groups is 1. The summed E-state index contributed by atoms with van der Waals surface area (Å²) in [5.41, 5.74) is 9.04. The van der Waals surface area contributed by atoms with Crippen LogP contribution in [0.2, 0.25) is 0 Å². The van der Waals surface area contributed by atoms with Crippen molar-refractivity contribution in [3.63, 3.8) is 0 Å². The third kappa shape index (κ3) is 4.04. The lowest BCUT2D eigenvalue weighted by Gasteiger charge is -2.22. The van der Waals surface area contributed by atoms with Crippen molar-refractivity contribution in [2.75, 3.05) is 6.54 Å². The predicted molar refractivity (Wildman–Crippen MR) is 85.8 cm³/mol. The third-order valence-electron chi connectivity index (χ3n) is 3.75. The van der Waals surface area contributed by atoms with Gasteiger partial charge in [0.25, 0.3) is 0 Å². The van der Waals surface area contributed by atoms with E-state index in [9.17, 15) is 4.79 Å². The van der Waals surface area contributed by atoms with Crippen LogP contribution in [0, 0.1) is 13.8 Å². The third-order valence-corrected chi connectivity index (χ3v) is 3.96. The minimum atomic E-state index is 0.192. The highest BCUT2D eigenvalue weighted by Gasteiger charge is 2.32. The Morgan fingerprint density at radius 3 is 2.70 bits per heavy atom. The summed E-state index contributed by atoms with van der Waals surface area (Å²) in [5, 5.41) is 0. The van der Waals surface area contributed by atoms with E-state index in [-0.39, 0.29) is 5.91 Å². The van der Waals surface area contributed by atoms with Crippen molar-refractivity contribution in [1.29, 1.82) is 0 Å². The van der Waals surface area contributed by atoms with Crippen LogP contribution in [0.4, 0.5) is 0 Å². The minimum Gasteiger partial charge on any atom is -0.393 e. The van der Waals surface area contributed by atoms with Crippen LogP contribution in [0.3, 0.4) is 0 Å². The molecule has 0 unspecified atom stereocenters. The van der Waals surface area contributed by atoms with Crippen LogP contribution < -0.4 is 5.73 Å². The lowest BCUT2D eigenvalue weighted by Crippen LogP contribution is -2.36. The quantitative estimate of drug-likeness (QED) is 0.819. The number of thiocarbonyl (C=S) groups is 1. The molecule has 4 heteroatoms. The van der Waals surface area contributed by atoms with E-state index < -0.39 is 0 Å². The first-order valence-corrected chi connectivity index (χ1v) is 7.52. The highest BCUT2D eigenvalue weighted by Crippen LogP contribution is 2.28. The number of nitrogens with two attached hydrogens (primary N) is 1. The standard InChI is InChI=1S/C16H22N2OS/c1-11-3-4-12(2)13(9-11)10-16(19)18(14-5-6-14)8-7-15(17)20/h3-4,9,14H,5-8,10H2,1-2H3,(H2,17,20). The van der Waals surface area contributed by atoms with E-state index in [1.165, 1.54) is 11.1 Å². The maximum absolute atomic E-state index is 12.5. The molecular formula is C16H22N2OS. The van der Waals surface area contributed by atoms with Gasteiger partial charge in [0.2, 0.25) is 5.91 Å². The van der Waals surface area contributed by atoms with E-state index in [1.54, 1.807) is 0 Å². The van der Waals surface area contributed by atoms with E-state index >= 15 is 0 Å². The molecule has 0 saturated heterocycles. The molecule has 0 aromatic heterocycles. The van der Waals surface area contributed by atoms with E-state index in [0.717, 1.165) is 18.4 Å². The van der Waals surface area contributed by atoms with E-state index in [1.807, 2.05) is 4.90 Å². The maximum Gasteiger partial charge on any atom is 0.227 e. The molecule has 0 bridgehead atoms. The zero-order valence-electron chi connectivity index (χ0n) is 12.2. The maximum atomic E-state index is 12.5. The molecule has 1 amide bonds. The van der Waals surface area contributed by atoms with Gasteiger partial charge < -0.3 is 10.6 Å². The van der Waals surface area contributed by atoms with Gasteiger partial charge in [-0.2, -0.15) is 0 Å². The van der Waals surface area contributed by atoms with Crippen molar-refractivity contribution in [3.8, 4) is 0 Å².